The van der Waals surface area contributed by atoms with Gasteiger partial charge in [-0.15, -0.1) is 0 Å². The summed E-state index contributed by atoms with van der Waals surface area (Å²) in [5.41, 5.74) is 2.83. The molecule has 0 fully saturated rings. The fraction of sp³-hybridized carbons (Fsp3) is 0.174. The van der Waals surface area contributed by atoms with Gasteiger partial charge in [0.1, 0.15) is 11.0 Å². The van der Waals surface area contributed by atoms with Crippen molar-refractivity contribution in [2.75, 3.05) is 6.54 Å². The van der Waals surface area contributed by atoms with Crippen LogP contribution in [0.2, 0.25) is 5.15 Å². The minimum atomic E-state index is -0.353. The maximum absolute atomic E-state index is 13.1. The van der Waals surface area contributed by atoms with Gasteiger partial charge in [0, 0.05) is 31.1 Å². The van der Waals surface area contributed by atoms with E-state index in [0.717, 1.165) is 5.56 Å². The Labute approximate surface area is 184 Å². The second kappa shape index (κ2) is 10.5. The number of carbonyl (C=O) groups excluding carboxylic acids is 2. The number of rotatable bonds is 8. The maximum Gasteiger partial charge on any atom is 0.244 e. The van der Waals surface area contributed by atoms with Crippen LogP contribution in [0.1, 0.15) is 23.2 Å². The molecule has 0 bridgehead atoms. The topological polar surface area (TPSA) is 76.0 Å². The van der Waals surface area contributed by atoms with Crippen LogP contribution in [0.15, 0.2) is 60.7 Å². The molecule has 2 amide bonds. The van der Waals surface area contributed by atoms with Gasteiger partial charge in [0.2, 0.25) is 11.8 Å². The summed E-state index contributed by atoms with van der Waals surface area (Å²) in [5, 5.41) is 10.1. The number of hydrogen-bond acceptors (Lipinski definition) is 3. The van der Waals surface area contributed by atoms with Crippen molar-refractivity contribution in [3.05, 3.63) is 88.5 Å². The van der Waals surface area contributed by atoms with Gasteiger partial charge in [0.15, 0.2) is 0 Å². The summed E-state index contributed by atoms with van der Waals surface area (Å²) in [5.74, 6) is -0.845. The van der Waals surface area contributed by atoms with E-state index in [1.165, 1.54) is 22.9 Å². The van der Waals surface area contributed by atoms with Crippen LogP contribution in [0.4, 0.5) is 4.39 Å². The molecular weight excluding hydrogens is 419 g/mol. The van der Waals surface area contributed by atoms with E-state index in [4.69, 9.17) is 11.6 Å². The van der Waals surface area contributed by atoms with Gasteiger partial charge in [-0.1, -0.05) is 41.9 Å². The van der Waals surface area contributed by atoms with Gasteiger partial charge in [-0.05, 0) is 42.8 Å². The molecule has 0 saturated carbocycles. The smallest absolute Gasteiger partial charge is 0.244 e. The lowest BCUT2D eigenvalue weighted by Gasteiger charge is -2.05. The summed E-state index contributed by atoms with van der Waals surface area (Å²) < 4.78 is 14.6. The molecule has 0 radical (unpaired) electrons. The van der Waals surface area contributed by atoms with Crippen LogP contribution in [0, 0.1) is 12.7 Å². The van der Waals surface area contributed by atoms with E-state index in [2.05, 4.69) is 15.7 Å². The molecule has 0 aliphatic rings. The van der Waals surface area contributed by atoms with Gasteiger partial charge in [0.25, 0.3) is 0 Å². The molecule has 0 saturated heterocycles. The normalized spacial score (nSPS) is 10.9. The van der Waals surface area contributed by atoms with Crippen LogP contribution in [-0.2, 0) is 16.1 Å². The van der Waals surface area contributed by atoms with Crippen molar-refractivity contribution in [2.24, 2.45) is 0 Å². The SMILES string of the molecule is Cc1nn(-c2ccc(F)cc2)c(Cl)c1/C=C/C(=O)NCCC(=O)NCc1ccccc1. The third kappa shape index (κ3) is 6.26. The van der Waals surface area contributed by atoms with Crippen molar-refractivity contribution in [1.82, 2.24) is 20.4 Å². The Balaban J connectivity index is 1.49. The maximum atomic E-state index is 13.1. The number of halogens is 2. The van der Waals surface area contributed by atoms with E-state index in [-0.39, 0.29) is 30.6 Å². The van der Waals surface area contributed by atoms with E-state index in [0.29, 0.717) is 28.6 Å². The Morgan fingerprint density at radius 2 is 1.81 bits per heavy atom. The highest BCUT2D eigenvalue weighted by Crippen LogP contribution is 2.24. The molecule has 160 valence electrons. The summed E-state index contributed by atoms with van der Waals surface area (Å²) in [7, 11) is 0. The number of hydrogen-bond donors (Lipinski definition) is 2. The third-order valence-corrected chi connectivity index (χ3v) is 4.87. The fourth-order valence-corrected chi connectivity index (χ4v) is 3.19. The minimum absolute atomic E-state index is 0.146. The van der Waals surface area contributed by atoms with Gasteiger partial charge < -0.3 is 10.6 Å². The third-order valence-electron chi connectivity index (χ3n) is 4.50. The Bertz CT molecular complexity index is 1080. The number of aromatic nitrogens is 2. The van der Waals surface area contributed by atoms with Crippen LogP contribution in [0.3, 0.4) is 0 Å². The molecule has 0 aliphatic heterocycles. The molecule has 1 aromatic heterocycles. The minimum Gasteiger partial charge on any atom is -0.352 e. The predicted octanol–water partition coefficient (Wildman–Crippen LogP) is 3.81. The van der Waals surface area contributed by atoms with E-state index in [9.17, 15) is 14.0 Å². The Kier molecular flexibility index (Phi) is 7.56. The van der Waals surface area contributed by atoms with Crippen molar-refractivity contribution >= 4 is 29.5 Å². The molecule has 3 rings (SSSR count). The zero-order valence-corrected chi connectivity index (χ0v) is 17.7. The average molecular weight is 441 g/mol. The summed E-state index contributed by atoms with van der Waals surface area (Å²) in [6.07, 6.45) is 3.08. The van der Waals surface area contributed by atoms with E-state index < -0.39 is 0 Å². The lowest BCUT2D eigenvalue weighted by molar-refractivity contribution is -0.121. The average Bonchev–Trinajstić information content (AvgIpc) is 3.05. The molecule has 0 atom stereocenters. The van der Waals surface area contributed by atoms with Crippen molar-refractivity contribution < 1.29 is 14.0 Å². The monoisotopic (exact) mass is 440 g/mol. The molecule has 0 unspecified atom stereocenters. The number of carbonyl (C=O) groups is 2. The van der Waals surface area contributed by atoms with Crippen LogP contribution in [0.5, 0.6) is 0 Å². The van der Waals surface area contributed by atoms with Crippen molar-refractivity contribution in [3.63, 3.8) is 0 Å². The summed E-state index contributed by atoms with van der Waals surface area (Å²) in [4.78, 5) is 24.0. The van der Waals surface area contributed by atoms with Crippen molar-refractivity contribution in [2.45, 2.75) is 19.9 Å². The lowest BCUT2D eigenvalue weighted by Crippen LogP contribution is -2.29. The highest BCUT2D eigenvalue weighted by molar-refractivity contribution is 6.31. The zero-order valence-electron chi connectivity index (χ0n) is 16.9. The first-order valence-corrected chi connectivity index (χ1v) is 10.1. The molecule has 0 aliphatic carbocycles. The fourth-order valence-electron chi connectivity index (χ4n) is 2.86. The van der Waals surface area contributed by atoms with Gasteiger partial charge in [-0.3, -0.25) is 9.59 Å². The number of benzene rings is 2. The second-order valence-electron chi connectivity index (χ2n) is 6.81. The molecule has 31 heavy (non-hydrogen) atoms. The van der Waals surface area contributed by atoms with Gasteiger partial charge in [0.05, 0.1) is 11.4 Å². The molecule has 2 N–H and O–H groups in total. The van der Waals surface area contributed by atoms with Gasteiger partial charge >= 0.3 is 0 Å². The summed E-state index contributed by atoms with van der Waals surface area (Å²) in [6.45, 7) is 2.43. The molecule has 8 heteroatoms. The first kappa shape index (κ1) is 22.2. The first-order valence-electron chi connectivity index (χ1n) is 9.71. The highest BCUT2D eigenvalue weighted by atomic mass is 35.5. The molecule has 6 nitrogen and oxygen atoms in total. The number of amides is 2. The van der Waals surface area contributed by atoms with E-state index in [1.54, 1.807) is 25.1 Å². The summed E-state index contributed by atoms with van der Waals surface area (Å²) in [6, 6.07) is 15.4. The van der Waals surface area contributed by atoms with E-state index >= 15 is 0 Å². The zero-order chi connectivity index (χ0) is 22.2. The van der Waals surface area contributed by atoms with Crippen molar-refractivity contribution in [1.29, 1.82) is 0 Å². The molecule has 3 aromatic rings. The Morgan fingerprint density at radius 3 is 2.52 bits per heavy atom. The Hall–Kier alpha value is -3.45. The van der Waals surface area contributed by atoms with Crippen LogP contribution in [-0.4, -0.2) is 28.1 Å². The quantitative estimate of drug-likeness (QED) is 0.523. The first-order chi connectivity index (χ1) is 14.9. The number of nitrogens with one attached hydrogen (secondary N) is 2. The lowest BCUT2D eigenvalue weighted by atomic mass is 10.2. The Morgan fingerprint density at radius 1 is 1.10 bits per heavy atom. The van der Waals surface area contributed by atoms with Crippen molar-refractivity contribution in [3.8, 4) is 5.69 Å². The van der Waals surface area contributed by atoms with Crippen LogP contribution in [0.25, 0.3) is 11.8 Å². The summed E-state index contributed by atoms with van der Waals surface area (Å²) >= 11 is 6.39. The number of nitrogens with zero attached hydrogens (tertiary/aromatic N) is 2. The molecule has 0 spiro atoms. The largest absolute Gasteiger partial charge is 0.352 e. The predicted molar refractivity (Wildman–Crippen MR) is 118 cm³/mol. The van der Waals surface area contributed by atoms with Crippen LogP contribution >= 0.6 is 11.6 Å². The second-order valence-corrected chi connectivity index (χ2v) is 7.17. The number of aryl methyl sites for hydroxylation is 1. The standard InChI is InChI=1S/C23H22ClFN4O2/c1-16-20(23(24)29(28-16)19-9-7-18(25)8-10-19)11-12-21(30)26-14-13-22(31)27-15-17-5-3-2-4-6-17/h2-12H,13-15H2,1H3,(H,26,30)(H,27,31)/b12-11+. The molecule has 1 heterocycles. The highest BCUT2D eigenvalue weighted by Gasteiger charge is 2.13. The van der Waals surface area contributed by atoms with Crippen LogP contribution < -0.4 is 10.6 Å². The molecular formula is C23H22ClFN4O2. The van der Waals surface area contributed by atoms with Gasteiger partial charge in [-0.2, -0.15) is 5.10 Å². The molecule has 2 aromatic carbocycles. The van der Waals surface area contributed by atoms with Gasteiger partial charge in [-0.25, -0.2) is 9.07 Å². The van der Waals surface area contributed by atoms with E-state index in [1.807, 2.05) is 30.3 Å².